The molecule has 1 N–H and O–H groups in total. The van der Waals surface area contributed by atoms with Crippen molar-refractivity contribution in [3.63, 3.8) is 0 Å². The van der Waals surface area contributed by atoms with Gasteiger partial charge in [0.25, 0.3) is 5.91 Å². The quantitative estimate of drug-likeness (QED) is 0.842. The van der Waals surface area contributed by atoms with Crippen LogP contribution in [0.3, 0.4) is 0 Å². The third-order valence-electron chi connectivity index (χ3n) is 4.75. The summed E-state index contributed by atoms with van der Waals surface area (Å²) in [5, 5.41) is 0. The molecule has 0 unspecified atom stereocenters. The number of pyridine rings is 1. The van der Waals surface area contributed by atoms with Crippen molar-refractivity contribution in [2.75, 3.05) is 27.4 Å². The van der Waals surface area contributed by atoms with Gasteiger partial charge in [0.15, 0.2) is 12.4 Å². The highest BCUT2D eigenvalue weighted by atomic mass is 16.5. The smallest absolute Gasteiger partial charge is 0.261 e. The average Bonchev–Trinajstić information content (AvgIpc) is 3.16. The number of ether oxygens (including phenoxy) is 3. The van der Waals surface area contributed by atoms with Crippen LogP contribution < -0.4 is 19.6 Å². The molecule has 1 fully saturated rings. The number of aromatic amines is 1. The number of aryl methyl sites for hydroxylation is 1. The number of carbonyl (C=O) groups is 1. The van der Waals surface area contributed by atoms with Crippen molar-refractivity contribution in [2.24, 2.45) is 0 Å². The molecular weight excluding hydrogens is 348 g/mol. The largest absolute Gasteiger partial charge is 0.497 e. The molecule has 0 bridgehead atoms. The molecule has 0 spiro atoms. The Morgan fingerprint density at radius 3 is 2.74 bits per heavy atom. The predicted molar refractivity (Wildman–Crippen MR) is 101 cm³/mol. The van der Waals surface area contributed by atoms with Crippen LogP contribution in [0.4, 0.5) is 0 Å². The molecule has 1 aromatic heterocycles. The Hall–Kier alpha value is -2.96. The lowest BCUT2D eigenvalue weighted by molar-refractivity contribution is -0.134. The summed E-state index contributed by atoms with van der Waals surface area (Å²) in [4.78, 5) is 29.3. The maximum Gasteiger partial charge on any atom is 0.261 e. The van der Waals surface area contributed by atoms with Crippen molar-refractivity contribution < 1.29 is 19.0 Å². The van der Waals surface area contributed by atoms with Crippen LogP contribution in [-0.2, 0) is 4.79 Å². The summed E-state index contributed by atoms with van der Waals surface area (Å²) < 4.78 is 16.2. The number of H-pyrrole nitrogens is 1. The molecule has 2 heterocycles. The van der Waals surface area contributed by atoms with Crippen molar-refractivity contribution in [3.05, 3.63) is 51.9 Å². The first-order valence-electron chi connectivity index (χ1n) is 8.87. The topological polar surface area (TPSA) is 80.9 Å². The van der Waals surface area contributed by atoms with Crippen LogP contribution in [0.2, 0.25) is 0 Å². The van der Waals surface area contributed by atoms with Crippen molar-refractivity contribution in [2.45, 2.75) is 25.8 Å². The highest BCUT2D eigenvalue weighted by molar-refractivity contribution is 5.78. The van der Waals surface area contributed by atoms with Crippen molar-refractivity contribution in [1.29, 1.82) is 0 Å². The fraction of sp³-hybridized carbons (Fsp3) is 0.400. The second kappa shape index (κ2) is 8.16. The number of likely N-dealkylation sites (tertiary alicyclic amines) is 1. The predicted octanol–water partition coefficient (Wildman–Crippen LogP) is 2.44. The molecule has 3 rings (SSSR count). The number of hydrogen-bond donors (Lipinski definition) is 1. The summed E-state index contributed by atoms with van der Waals surface area (Å²) in [6, 6.07) is 6.97. The number of carbonyl (C=O) groups excluding carboxylic acids is 1. The Labute approximate surface area is 157 Å². The van der Waals surface area contributed by atoms with Gasteiger partial charge in [0, 0.05) is 36.1 Å². The van der Waals surface area contributed by atoms with Gasteiger partial charge in [-0.05, 0) is 31.9 Å². The zero-order valence-corrected chi connectivity index (χ0v) is 15.8. The SMILES string of the molecule is COc1ccc([C@H]2CCCN2C(=O)COc2c[nH]c(C)cc2=O)c(OC)c1. The Kier molecular flexibility index (Phi) is 5.69. The fourth-order valence-electron chi connectivity index (χ4n) is 3.38. The van der Waals surface area contributed by atoms with E-state index < -0.39 is 0 Å². The normalized spacial score (nSPS) is 16.3. The van der Waals surface area contributed by atoms with Crippen LogP contribution in [0, 0.1) is 6.92 Å². The Morgan fingerprint density at radius 1 is 1.22 bits per heavy atom. The molecule has 1 atom stereocenters. The number of nitrogens with zero attached hydrogens (tertiary/aromatic N) is 1. The summed E-state index contributed by atoms with van der Waals surface area (Å²) in [6.07, 6.45) is 3.23. The van der Waals surface area contributed by atoms with Gasteiger partial charge in [0.2, 0.25) is 5.43 Å². The van der Waals surface area contributed by atoms with Gasteiger partial charge in [0.1, 0.15) is 11.5 Å². The van der Waals surface area contributed by atoms with Gasteiger partial charge in [-0.2, -0.15) is 0 Å². The first kappa shape index (κ1) is 18.8. The molecule has 27 heavy (non-hydrogen) atoms. The van der Waals surface area contributed by atoms with Crippen molar-refractivity contribution in [1.82, 2.24) is 9.88 Å². The molecule has 7 nitrogen and oxygen atoms in total. The number of hydrogen-bond acceptors (Lipinski definition) is 5. The van der Waals surface area contributed by atoms with E-state index in [9.17, 15) is 9.59 Å². The van der Waals surface area contributed by atoms with Gasteiger partial charge in [0.05, 0.1) is 20.3 Å². The van der Waals surface area contributed by atoms with Gasteiger partial charge in [-0.25, -0.2) is 0 Å². The second-order valence-electron chi connectivity index (χ2n) is 6.49. The molecule has 1 aliphatic rings. The number of benzene rings is 1. The Bertz CT molecular complexity index is 877. The zero-order chi connectivity index (χ0) is 19.4. The summed E-state index contributed by atoms with van der Waals surface area (Å²) in [6.45, 7) is 2.25. The molecule has 144 valence electrons. The van der Waals surface area contributed by atoms with E-state index in [0.29, 0.717) is 18.0 Å². The van der Waals surface area contributed by atoms with Crippen LogP contribution in [0.25, 0.3) is 0 Å². The van der Waals surface area contributed by atoms with Crippen molar-refractivity contribution >= 4 is 5.91 Å². The third kappa shape index (κ3) is 4.07. The molecule has 2 aromatic rings. The van der Waals surface area contributed by atoms with Crippen molar-refractivity contribution in [3.8, 4) is 17.2 Å². The Balaban J connectivity index is 1.74. The third-order valence-corrected chi connectivity index (χ3v) is 4.75. The van der Waals surface area contributed by atoms with E-state index in [0.717, 1.165) is 24.1 Å². The fourth-order valence-corrected chi connectivity index (χ4v) is 3.38. The van der Waals surface area contributed by atoms with Crippen LogP contribution in [0.15, 0.2) is 35.3 Å². The number of rotatable bonds is 6. The van der Waals surface area contributed by atoms with E-state index in [-0.39, 0.29) is 29.7 Å². The highest BCUT2D eigenvalue weighted by Crippen LogP contribution is 2.38. The highest BCUT2D eigenvalue weighted by Gasteiger charge is 2.32. The van der Waals surface area contributed by atoms with Gasteiger partial charge in [-0.3, -0.25) is 9.59 Å². The maximum absolute atomic E-state index is 12.7. The zero-order valence-electron chi connectivity index (χ0n) is 15.8. The lowest BCUT2D eigenvalue weighted by atomic mass is 10.0. The molecule has 1 aromatic carbocycles. The average molecular weight is 372 g/mol. The van der Waals surface area contributed by atoms with E-state index >= 15 is 0 Å². The molecular formula is C20H24N2O5. The lowest BCUT2D eigenvalue weighted by Crippen LogP contribution is -2.35. The summed E-state index contributed by atoms with van der Waals surface area (Å²) >= 11 is 0. The lowest BCUT2D eigenvalue weighted by Gasteiger charge is -2.26. The Morgan fingerprint density at radius 2 is 2.04 bits per heavy atom. The van der Waals surface area contributed by atoms with Crippen LogP contribution in [-0.4, -0.2) is 43.2 Å². The molecule has 0 radical (unpaired) electrons. The van der Waals surface area contributed by atoms with Crippen LogP contribution in [0.5, 0.6) is 17.2 Å². The molecule has 7 heteroatoms. The standard InChI is InChI=1S/C20H24N2O5/c1-13-9-17(23)19(11-21-13)27-12-20(24)22-8-4-5-16(22)15-7-6-14(25-2)10-18(15)26-3/h6-7,9-11,16H,4-5,8,12H2,1-3H3,(H,21,23)/t16-/m1/s1. The molecule has 1 amide bonds. The molecule has 1 aliphatic heterocycles. The number of methoxy groups -OCH3 is 2. The molecule has 1 saturated heterocycles. The molecule has 0 aliphatic carbocycles. The van der Waals surface area contributed by atoms with Gasteiger partial charge in [-0.15, -0.1) is 0 Å². The summed E-state index contributed by atoms with van der Waals surface area (Å²) in [7, 11) is 3.20. The maximum atomic E-state index is 12.7. The minimum absolute atomic E-state index is 0.0849. The number of amides is 1. The van der Waals surface area contributed by atoms with Gasteiger partial charge < -0.3 is 24.1 Å². The van der Waals surface area contributed by atoms with E-state index in [1.54, 1.807) is 26.0 Å². The van der Waals surface area contributed by atoms with Gasteiger partial charge >= 0.3 is 0 Å². The first-order valence-corrected chi connectivity index (χ1v) is 8.87. The molecule has 0 saturated carbocycles. The van der Waals surface area contributed by atoms with E-state index in [1.165, 1.54) is 12.3 Å². The first-order chi connectivity index (χ1) is 13.0. The summed E-state index contributed by atoms with van der Waals surface area (Å²) in [5.41, 5.74) is 1.44. The van der Waals surface area contributed by atoms with Crippen LogP contribution >= 0.6 is 0 Å². The van der Waals surface area contributed by atoms with E-state index in [1.807, 2.05) is 18.2 Å². The van der Waals surface area contributed by atoms with E-state index in [2.05, 4.69) is 4.98 Å². The number of nitrogens with one attached hydrogen (secondary N) is 1. The minimum Gasteiger partial charge on any atom is -0.497 e. The second-order valence-corrected chi connectivity index (χ2v) is 6.49. The monoisotopic (exact) mass is 372 g/mol. The number of aromatic nitrogens is 1. The van der Waals surface area contributed by atoms with E-state index in [4.69, 9.17) is 14.2 Å². The minimum atomic E-state index is -0.242. The van der Waals surface area contributed by atoms with Crippen LogP contribution in [0.1, 0.15) is 30.1 Å². The van der Waals surface area contributed by atoms with Gasteiger partial charge in [-0.1, -0.05) is 0 Å². The summed E-state index contributed by atoms with van der Waals surface area (Å²) in [5.74, 6) is 1.38.